The molecule has 1 atom stereocenters. The Morgan fingerprint density at radius 2 is 2.04 bits per heavy atom. The molecule has 1 fully saturated rings. The molecule has 0 radical (unpaired) electrons. The fraction of sp³-hybridized carbons (Fsp3) is 0.650. The highest BCUT2D eigenvalue weighted by Gasteiger charge is 2.44. The SMILES string of the molecule is C=CCCCC(ON1C(C)(C)CCCC1(C)C)C(=O)c1ccco1. The Hall–Kier alpha value is -1.39. The Morgan fingerprint density at radius 3 is 2.58 bits per heavy atom. The molecule has 4 nitrogen and oxygen atoms in total. The summed E-state index contributed by atoms with van der Waals surface area (Å²) >= 11 is 0. The van der Waals surface area contributed by atoms with E-state index in [4.69, 9.17) is 9.25 Å². The minimum atomic E-state index is -0.521. The smallest absolute Gasteiger partial charge is 0.228 e. The first kappa shape index (κ1) is 18.9. The second-order valence-electron chi connectivity index (χ2n) is 7.93. The number of hydrogen-bond acceptors (Lipinski definition) is 4. The van der Waals surface area contributed by atoms with E-state index in [9.17, 15) is 4.79 Å². The van der Waals surface area contributed by atoms with Crippen LogP contribution in [0.4, 0.5) is 0 Å². The monoisotopic (exact) mass is 333 g/mol. The molecule has 0 saturated carbocycles. The van der Waals surface area contributed by atoms with Crippen LogP contribution in [0.2, 0.25) is 0 Å². The summed E-state index contributed by atoms with van der Waals surface area (Å²) in [4.78, 5) is 19.2. The summed E-state index contributed by atoms with van der Waals surface area (Å²) in [6, 6.07) is 3.45. The van der Waals surface area contributed by atoms with Crippen LogP contribution >= 0.6 is 0 Å². The van der Waals surface area contributed by atoms with Crippen molar-refractivity contribution in [2.75, 3.05) is 0 Å². The maximum Gasteiger partial charge on any atom is 0.228 e. The number of ketones is 1. The minimum absolute atomic E-state index is 0.0822. The summed E-state index contributed by atoms with van der Waals surface area (Å²) in [7, 11) is 0. The van der Waals surface area contributed by atoms with Gasteiger partial charge in [0, 0.05) is 11.1 Å². The zero-order valence-corrected chi connectivity index (χ0v) is 15.5. The van der Waals surface area contributed by atoms with Crippen LogP contribution in [0.15, 0.2) is 35.5 Å². The van der Waals surface area contributed by atoms with Crippen molar-refractivity contribution < 1.29 is 14.0 Å². The van der Waals surface area contributed by atoms with Crippen molar-refractivity contribution in [3.63, 3.8) is 0 Å². The lowest BCUT2D eigenvalue weighted by molar-refractivity contribution is -0.295. The van der Waals surface area contributed by atoms with Crippen molar-refractivity contribution in [1.82, 2.24) is 5.06 Å². The van der Waals surface area contributed by atoms with Crippen LogP contribution in [0.3, 0.4) is 0 Å². The summed E-state index contributed by atoms with van der Waals surface area (Å²) in [5, 5.41) is 2.06. The van der Waals surface area contributed by atoms with Gasteiger partial charge >= 0.3 is 0 Å². The first-order chi connectivity index (χ1) is 11.3. The minimum Gasteiger partial charge on any atom is -0.461 e. The number of rotatable bonds is 8. The topological polar surface area (TPSA) is 42.7 Å². The van der Waals surface area contributed by atoms with Crippen LogP contribution in [-0.4, -0.2) is 28.0 Å². The van der Waals surface area contributed by atoms with E-state index in [1.54, 1.807) is 12.1 Å². The molecule has 0 aliphatic carbocycles. The summed E-state index contributed by atoms with van der Waals surface area (Å²) < 4.78 is 5.31. The Kier molecular flexibility index (Phi) is 6.05. The van der Waals surface area contributed by atoms with E-state index in [1.165, 1.54) is 12.7 Å². The van der Waals surface area contributed by atoms with Crippen molar-refractivity contribution in [3.05, 3.63) is 36.8 Å². The summed E-state index contributed by atoms with van der Waals surface area (Å²) in [6.45, 7) is 12.5. The molecule has 2 heterocycles. The molecule has 1 aliphatic heterocycles. The zero-order valence-electron chi connectivity index (χ0n) is 15.5. The Bertz CT molecular complexity index is 529. The van der Waals surface area contributed by atoms with E-state index in [-0.39, 0.29) is 16.9 Å². The van der Waals surface area contributed by atoms with E-state index in [2.05, 4.69) is 39.3 Å². The molecule has 0 N–H and O–H groups in total. The largest absolute Gasteiger partial charge is 0.461 e. The number of hydroxylamine groups is 2. The molecule has 1 aliphatic rings. The number of furan rings is 1. The van der Waals surface area contributed by atoms with Crippen LogP contribution < -0.4 is 0 Å². The van der Waals surface area contributed by atoms with Gasteiger partial charge < -0.3 is 4.42 Å². The van der Waals surface area contributed by atoms with Crippen LogP contribution in [0.5, 0.6) is 0 Å². The number of unbranched alkanes of at least 4 members (excludes halogenated alkanes) is 1. The third-order valence-electron chi connectivity index (χ3n) is 4.84. The van der Waals surface area contributed by atoms with Gasteiger partial charge in [-0.15, -0.1) is 6.58 Å². The lowest BCUT2D eigenvalue weighted by Gasteiger charge is -2.52. The van der Waals surface area contributed by atoms with Gasteiger partial charge in [-0.1, -0.05) is 6.08 Å². The number of piperidine rings is 1. The normalized spacial score (nSPS) is 21.3. The predicted molar refractivity (Wildman–Crippen MR) is 95.8 cm³/mol. The van der Waals surface area contributed by atoms with Crippen molar-refractivity contribution >= 4 is 5.78 Å². The number of carbonyl (C=O) groups excluding carboxylic acids is 1. The first-order valence-corrected chi connectivity index (χ1v) is 8.94. The van der Waals surface area contributed by atoms with Gasteiger partial charge in [-0.3, -0.25) is 9.63 Å². The third-order valence-corrected chi connectivity index (χ3v) is 4.84. The molecule has 2 rings (SSSR count). The highest BCUT2D eigenvalue weighted by atomic mass is 16.7. The molecule has 0 aromatic carbocycles. The molecular weight excluding hydrogens is 302 g/mol. The summed E-state index contributed by atoms with van der Waals surface area (Å²) in [6.07, 6.45) is 8.59. The van der Waals surface area contributed by atoms with Crippen molar-refractivity contribution in [3.8, 4) is 0 Å². The van der Waals surface area contributed by atoms with Crippen molar-refractivity contribution in [2.24, 2.45) is 0 Å². The summed E-state index contributed by atoms with van der Waals surface area (Å²) in [5.74, 6) is 0.285. The molecule has 0 spiro atoms. The quantitative estimate of drug-likeness (QED) is 0.374. The molecule has 134 valence electrons. The van der Waals surface area contributed by atoms with Crippen LogP contribution in [0.25, 0.3) is 0 Å². The van der Waals surface area contributed by atoms with E-state index < -0.39 is 6.10 Å². The Morgan fingerprint density at radius 1 is 1.38 bits per heavy atom. The van der Waals surface area contributed by atoms with Gasteiger partial charge in [0.1, 0.15) is 6.10 Å². The molecular formula is C20H31NO3. The van der Waals surface area contributed by atoms with Gasteiger partial charge in [0.25, 0.3) is 0 Å². The number of nitrogens with zero attached hydrogens (tertiary/aromatic N) is 1. The maximum absolute atomic E-state index is 12.8. The molecule has 1 aromatic rings. The van der Waals surface area contributed by atoms with E-state index in [0.717, 1.165) is 25.7 Å². The second-order valence-corrected chi connectivity index (χ2v) is 7.93. The van der Waals surface area contributed by atoms with Crippen LogP contribution in [-0.2, 0) is 4.84 Å². The molecule has 0 bridgehead atoms. The van der Waals surface area contributed by atoms with Gasteiger partial charge in [0.2, 0.25) is 5.78 Å². The molecule has 24 heavy (non-hydrogen) atoms. The van der Waals surface area contributed by atoms with Gasteiger partial charge in [-0.05, 0) is 78.4 Å². The Balaban J connectivity index is 2.19. The maximum atomic E-state index is 12.8. The fourth-order valence-electron chi connectivity index (χ4n) is 3.65. The van der Waals surface area contributed by atoms with Gasteiger partial charge in [-0.2, -0.15) is 5.06 Å². The molecule has 1 aromatic heterocycles. The standard InChI is InChI=1S/C20H31NO3/c1-6-7-8-11-17(18(22)16-12-9-15-23-16)24-21-19(2,3)13-10-14-20(21,4)5/h6,9,12,15,17H,1,7-8,10-11,13-14H2,2-5H3. The van der Waals surface area contributed by atoms with Crippen molar-refractivity contribution in [1.29, 1.82) is 0 Å². The highest BCUT2D eigenvalue weighted by Crippen LogP contribution is 2.39. The molecule has 4 heteroatoms. The van der Waals surface area contributed by atoms with Gasteiger partial charge in [0.15, 0.2) is 5.76 Å². The predicted octanol–water partition coefficient (Wildman–Crippen LogP) is 5.16. The summed E-state index contributed by atoms with van der Waals surface area (Å²) in [5.41, 5.74) is -0.191. The third kappa shape index (κ3) is 4.37. The highest BCUT2D eigenvalue weighted by molar-refractivity contribution is 5.96. The second kappa shape index (κ2) is 7.66. The molecule has 1 unspecified atom stereocenters. The van der Waals surface area contributed by atoms with E-state index >= 15 is 0 Å². The lowest BCUT2D eigenvalue weighted by atomic mass is 9.82. The molecule has 1 saturated heterocycles. The number of hydrogen-bond donors (Lipinski definition) is 0. The van der Waals surface area contributed by atoms with Crippen molar-refractivity contribution in [2.45, 2.75) is 83.4 Å². The molecule has 0 amide bonds. The number of allylic oxidation sites excluding steroid dienone is 1. The lowest BCUT2D eigenvalue weighted by Crippen LogP contribution is -2.59. The average molecular weight is 333 g/mol. The number of carbonyl (C=O) groups is 1. The average Bonchev–Trinajstić information content (AvgIpc) is 3.02. The van der Waals surface area contributed by atoms with E-state index in [1.807, 2.05) is 6.08 Å². The van der Waals surface area contributed by atoms with E-state index in [0.29, 0.717) is 12.2 Å². The first-order valence-electron chi connectivity index (χ1n) is 8.94. The van der Waals surface area contributed by atoms with Crippen LogP contribution in [0.1, 0.15) is 76.8 Å². The zero-order chi connectivity index (χ0) is 17.8. The Labute approximate surface area is 145 Å². The van der Waals surface area contributed by atoms with Crippen LogP contribution in [0, 0.1) is 0 Å². The number of Topliss-reactive ketones (excluding diaryl/α,β-unsaturated/α-hetero) is 1. The van der Waals surface area contributed by atoms with Gasteiger partial charge in [0.05, 0.1) is 6.26 Å². The van der Waals surface area contributed by atoms with Gasteiger partial charge in [-0.25, -0.2) is 0 Å². The fourth-order valence-corrected chi connectivity index (χ4v) is 3.65.